The van der Waals surface area contributed by atoms with E-state index in [2.05, 4.69) is 10.0 Å². The van der Waals surface area contributed by atoms with Gasteiger partial charge in [0.1, 0.15) is 11.5 Å². The van der Waals surface area contributed by atoms with Gasteiger partial charge < -0.3 is 14.8 Å². The van der Waals surface area contributed by atoms with Crippen molar-refractivity contribution in [3.05, 3.63) is 71.2 Å². The molecule has 0 spiro atoms. The maximum Gasteiger partial charge on any atom is 0.261 e. The van der Waals surface area contributed by atoms with Crippen molar-refractivity contribution < 1.29 is 22.7 Å². The quantitative estimate of drug-likeness (QED) is 0.635. The second kappa shape index (κ2) is 7.31. The molecule has 29 heavy (non-hydrogen) atoms. The number of benzene rings is 3. The largest absolute Gasteiger partial charge is 0.495 e. The second-order valence-electron chi connectivity index (χ2n) is 6.17. The van der Waals surface area contributed by atoms with Crippen LogP contribution in [-0.4, -0.2) is 21.4 Å². The van der Waals surface area contributed by atoms with Crippen LogP contribution < -0.4 is 19.5 Å². The number of sulfonamides is 1. The molecular weight excluding hydrogens is 416 g/mol. The molecule has 0 fully saturated rings. The molecule has 0 unspecified atom stereocenters. The van der Waals surface area contributed by atoms with Crippen LogP contribution in [0.1, 0.15) is 10.4 Å². The summed E-state index contributed by atoms with van der Waals surface area (Å²) in [5, 5.41) is 2.92. The molecule has 1 heterocycles. The van der Waals surface area contributed by atoms with E-state index in [0.29, 0.717) is 22.9 Å². The van der Waals surface area contributed by atoms with Crippen molar-refractivity contribution in [2.75, 3.05) is 17.1 Å². The fourth-order valence-corrected chi connectivity index (χ4v) is 4.25. The third kappa shape index (κ3) is 3.72. The molecule has 148 valence electrons. The molecule has 0 bridgehead atoms. The van der Waals surface area contributed by atoms with Gasteiger partial charge in [-0.2, -0.15) is 0 Å². The highest BCUT2D eigenvalue weighted by Gasteiger charge is 2.22. The number of amides is 1. The second-order valence-corrected chi connectivity index (χ2v) is 8.25. The third-order valence-electron chi connectivity index (χ3n) is 4.27. The number of para-hydroxylation sites is 2. The van der Waals surface area contributed by atoms with E-state index < -0.39 is 15.9 Å². The fourth-order valence-electron chi connectivity index (χ4n) is 2.86. The molecule has 1 aliphatic rings. The number of ether oxygens (including phenoxy) is 2. The van der Waals surface area contributed by atoms with E-state index in [1.54, 1.807) is 24.3 Å². The summed E-state index contributed by atoms with van der Waals surface area (Å²) in [7, 11) is -2.49. The highest BCUT2D eigenvalue weighted by Crippen LogP contribution is 2.36. The van der Waals surface area contributed by atoms with Gasteiger partial charge in [-0.1, -0.05) is 23.7 Å². The van der Waals surface area contributed by atoms with Crippen molar-refractivity contribution in [3.63, 3.8) is 0 Å². The first kappa shape index (κ1) is 19.1. The zero-order valence-corrected chi connectivity index (χ0v) is 16.7. The van der Waals surface area contributed by atoms with Crippen LogP contribution in [0, 0.1) is 0 Å². The summed E-state index contributed by atoms with van der Waals surface area (Å²) in [4.78, 5) is 12.5. The molecule has 0 radical (unpaired) electrons. The summed E-state index contributed by atoms with van der Waals surface area (Å²) in [6.45, 7) is 0. The van der Waals surface area contributed by atoms with Gasteiger partial charge in [-0.3, -0.25) is 9.52 Å². The summed E-state index contributed by atoms with van der Waals surface area (Å²) < 4.78 is 38.7. The lowest BCUT2D eigenvalue weighted by Crippen LogP contribution is -2.15. The zero-order valence-electron chi connectivity index (χ0n) is 15.1. The Morgan fingerprint density at radius 3 is 2.59 bits per heavy atom. The first-order valence-electron chi connectivity index (χ1n) is 8.46. The minimum absolute atomic E-state index is 0.0358. The van der Waals surface area contributed by atoms with Crippen molar-refractivity contribution in [1.29, 1.82) is 0 Å². The SMILES string of the molecule is COc1ccc(S(=O)(=O)Nc2ccc3c(c2)C(=O)Nc2ccccc2O3)cc1Cl. The molecule has 0 saturated heterocycles. The lowest BCUT2D eigenvalue weighted by molar-refractivity contribution is 0.102. The Bertz CT molecular complexity index is 1230. The van der Waals surface area contributed by atoms with Crippen LogP contribution >= 0.6 is 11.6 Å². The van der Waals surface area contributed by atoms with Gasteiger partial charge in [0.25, 0.3) is 15.9 Å². The van der Waals surface area contributed by atoms with Gasteiger partial charge in [0, 0.05) is 5.69 Å². The van der Waals surface area contributed by atoms with Crippen LogP contribution in [0.25, 0.3) is 0 Å². The van der Waals surface area contributed by atoms with Gasteiger partial charge >= 0.3 is 0 Å². The Balaban J connectivity index is 1.65. The Morgan fingerprint density at radius 2 is 1.83 bits per heavy atom. The van der Waals surface area contributed by atoms with E-state index in [4.69, 9.17) is 21.1 Å². The molecule has 1 amide bonds. The molecule has 1 aliphatic heterocycles. The van der Waals surface area contributed by atoms with Crippen LogP contribution in [0.15, 0.2) is 65.6 Å². The summed E-state index contributed by atoms with van der Waals surface area (Å²) in [6.07, 6.45) is 0. The number of fused-ring (bicyclic) bond motifs is 2. The molecule has 7 nitrogen and oxygen atoms in total. The van der Waals surface area contributed by atoms with E-state index in [0.717, 1.165) is 0 Å². The molecule has 4 rings (SSSR count). The standard InChI is InChI=1S/C20H15ClN2O5S/c1-27-18-9-7-13(11-15(18)21)29(25,26)23-12-6-8-17-14(10-12)20(24)22-16-4-2-3-5-19(16)28-17/h2-11,23H,1H3,(H,22,24). The van der Waals surface area contributed by atoms with E-state index >= 15 is 0 Å². The van der Waals surface area contributed by atoms with Gasteiger partial charge in [0.15, 0.2) is 5.75 Å². The average Bonchev–Trinajstić information content (AvgIpc) is 2.83. The molecular formula is C20H15ClN2O5S. The van der Waals surface area contributed by atoms with Crippen molar-refractivity contribution >= 4 is 38.9 Å². The van der Waals surface area contributed by atoms with Crippen molar-refractivity contribution in [2.24, 2.45) is 0 Å². The molecule has 3 aromatic rings. The predicted octanol–water partition coefficient (Wildman–Crippen LogP) is 4.51. The van der Waals surface area contributed by atoms with Crippen LogP contribution in [0.3, 0.4) is 0 Å². The first-order valence-corrected chi connectivity index (χ1v) is 10.3. The minimum atomic E-state index is -3.93. The van der Waals surface area contributed by atoms with Crippen LogP contribution in [0.5, 0.6) is 17.2 Å². The average molecular weight is 431 g/mol. The van der Waals surface area contributed by atoms with Gasteiger partial charge in [-0.05, 0) is 48.5 Å². The number of carbonyl (C=O) groups is 1. The van der Waals surface area contributed by atoms with E-state index in [1.807, 2.05) is 0 Å². The summed E-state index contributed by atoms with van der Waals surface area (Å²) in [5.74, 6) is 0.784. The Kier molecular flexibility index (Phi) is 4.81. The summed E-state index contributed by atoms with van der Waals surface area (Å²) in [6, 6.07) is 15.6. The highest BCUT2D eigenvalue weighted by atomic mass is 35.5. The zero-order chi connectivity index (χ0) is 20.6. The number of carbonyl (C=O) groups excluding carboxylic acids is 1. The number of anilines is 2. The number of hydrogen-bond donors (Lipinski definition) is 2. The number of hydrogen-bond acceptors (Lipinski definition) is 5. The van der Waals surface area contributed by atoms with Gasteiger partial charge in [-0.15, -0.1) is 0 Å². The molecule has 0 saturated carbocycles. The van der Waals surface area contributed by atoms with Crippen LogP contribution in [-0.2, 0) is 10.0 Å². The predicted molar refractivity (Wildman–Crippen MR) is 110 cm³/mol. The van der Waals surface area contributed by atoms with Crippen molar-refractivity contribution in [2.45, 2.75) is 4.90 Å². The lowest BCUT2D eigenvalue weighted by atomic mass is 10.1. The van der Waals surface area contributed by atoms with Crippen molar-refractivity contribution in [1.82, 2.24) is 0 Å². The first-order chi connectivity index (χ1) is 13.9. The number of nitrogens with one attached hydrogen (secondary N) is 2. The lowest BCUT2D eigenvalue weighted by Gasteiger charge is -2.12. The normalized spacial score (nSPS) is 12.7. The van der Waals surface area contributed by atoms with Crippen LogP contribution in [0.4, 0.5) is 11.4 Å². The van der Waals surface area contributed by atoms with Gasteiger partial charge in [0.2, 0.25) is 0 Å². The fraction of sp³-hybridized carbons (Fsp3) is 0.0500. The van der Waals surface area contributed by atoms with Crippen molar-refractivity contribution in [3.8, 4) is 17.2 Å². The van der Waals surface area contributed by atoms with E-state index in [9.17, 15) is 13.2 Å². The topological polar surface area (TPSA) is 93.7 Å². The molecule has 9 heteroatoms. The maximum absolute atomic E-state index is 12.7. The molecule has 0 aromatic heterocycles. The number of rotatable bonds is 4. The Labute approximate surface area is 172 Å². The smallest absolute Gasteiger partial charge is 0.261 e. The molecule has 0 atom stereocenters. The highest BCUT2D eigenvalue weighted by molar-refractivity contribution is 7.92. The molecule has 0 aliphatic carbocycles. The summed E-state index contributed by atoms with van der Waals surface area (Å²) >= 11 is 6.03. The number of halogens is 1. The molecule has 3 aromatic carbocycles. The maximum atomic E-state index is 12.7. The summed E-state index contributed by atoms with van der Waals surface area (Å²) in [5.41, 5.74) is 0.943. The van der Waals surface area contributed by atoms with Gasteiger partial charge in [-0.25, -0.2) is 8.42 Å². The molecule has 2 N–H and O–H groups in total. The Morgan fingerprint density at radius 1 is 1.03 bits per heavy atom. The third-order valence-corrected chi connectivity index (χ3v) is 5.94. The van der Waals surface area contributed by atoms with Crippen LogP contribution in [0.2, 0.25) is 5.02 Å². The monoisotopic (exact) mass is 430 g/mol. The van der Waals surface area contributed by atoms with E-state index in [1.165, 1.54) is 43.5 Å². The minimum Gasteiger partial charge on any atom is -0.495 e. The van der Waals surface area contributed by atoms with E-state index in [-0.39, 0.29) is 21.2 Å². The van der Waals surface area contributed by atoms with Gasteiger partial charge in [0.05, 0.1) is 28.3 Å². The Hall–Kier alpha value is -3.23. The number of methoxy groups -OCH3 is 1.